The van der Waals surface area contributed by atoms with Crippen LogP contribution in [0.1, 0.15) is 54.4 Å². The summed E-state index contributed by atoms with van der Waals surface area (Å²) in [6, 6.07) is 0. The molecule has 2 atom stereocenters. The standard InChI is InChI=1S/C18H22F4N2O2S/c1-17(2,3)9-4-5-10-11(8-27-13(10)6-9)15(25)24-18(26,16(21)22)7-12(23-24)14(19)20/h8-9,14,16,26H,4-7H2,1-3H3/t9-,18-/m0/s1. The van der Waals surface area contributed by atoms with Crippen molar-refractivity contribution in [1.29, 1.82) is 0 Å². The third-order valence-corrected chi connectivity index (χ3v) is 6.49. The number of hydrogen-bond acceptors (Lipinski definition) is 4. The molecule has 2 aliphatic rings. The Kier molecular flexibility index (Phi) is 5.14. The molecule has 0 spiro atoms. The van der Waals surface area contributed by atoms with Crippen LogP contribution in [0.5, 0.6) is 0 Å². The average molecular weight is 406 g/mol. The Hall–Kier alpha value is -1.48. The second kappa shape index (κ2) is 6.84. The molecular weight excluding hydrogens is 384 g/mol. The van der Waals surface area contributed by atoms with Crippen molar-refractivity contribution in [1.82, 2.24) is 5.01 Å². The van der Waals surface area contributed by atoms with Crippen LogP contribution >= 0.6 is 11.3 Å². The molecule has 150 valence electrons. The summed E-state index contributed by atoms with van der Waals surface area (Å²) in [5.74, 6) is -0.528. The zero-order valence-electron chi connectivity index (χ0n) is 15.3. The molecule has 1 aromatic rings. The highest BCUT2D eigenvalue weighted by Crippen LogP contribution is 2.42. The van der Waals surface area contributed by atoms with E-state index in [-0.39, 0.29) is 16.0 Å². The van der Waals surface area contributed by atoms with Gasteiger partial charge in [-0.05, 0) is 36.2 Å². The number of aliphatic hydroxyl groups is 1. The first-order valence-corrected chi connectivity index (χ1v) is 9.63. The van der Waals surface area contributed by atoms with Gasteiger partial charge in [0.05, 0.1) is 5.56 Å². The van der Waals surface area contributed by atoms with E-state index in [1.165, 1.54) is 11.3 Å². The van der Waals surface area contributed by atoms with Crippen molar-refractivity contribution < 1.29 is 27.5 Å². The molecule has 0 saturated carbocycles. The molecule has 0 fully saturated rings. The summed E-state index contributed by atoms with van der Waals surface area (Å²) in [4.78, 5) is 13.8. The third kappa shape index (κ3) is 3.51. The number of thiophene rings is 1. The maximum atomic E-state index is 13.4. The number of carbonyl (C=O) groups excluding carboxylic acids is 1. The number of halogens is 4. The minimum atomic E-state index is -3.42. The predicted molar refractivity (Wildman–Crippen MR) is 94.5 cm³/mol. The smallest absolute Gasteiger partial charge is 0.287 e. The van der Waals surface area contributed by atoms with Gasteiger partial charge < -0.3 is 5.11 Å². The van der Waals surface area contributed by atoms with Crippen molar-refractivity contribution in [3.63, 3.8) is 0 Å². The van der Waals surface area contributed by atoms with Gasteiger partial charge in [-0.25, -0.2) is 17.6 Å². The summed E-state index contributed by atoms with van der Waals surface area (Å²) < 4.78 is 52.6. The summed E-state index contributed by atoms with van der Waals surface area (Å²) >= 11 is 1.36. The third-order valence-electron chi connectivity index (χ3n) is 5.44. The quantitative estimate of drug-likeness (QED) is 0.760. The van der Waals surface area contributed by atoms with E-state index in [1.807, 2.05) is 0 Å². The highest BCUT2D eigenvalue weighted by Gasteiger charge is 2.53. The molecule has 1 aliphatic heterocycles. The van der Waals surface area contributed by atoms with E-state index < -0.39 is 36.6 Å². The van der Waals surface area contributed by atoms with Crippen LogP contribution < -0.4 is 0 Å². The van der Waals surface area contributed by atoms with E-state index in [0.717, 1.165) is 23.3 Å². The van der Waals surface area contributed by atoms with Crippen LogP contribution in [0.15, 0.2) is 10.5 Å². The predicted octanol–water partition coefficient (Wildman–Crippen LogP) is 4.32. The SMILES string of the molecule is CC(C)(C)[C@H]1CCc2c(C(=O)N3N=C(C(F)F)C[C@]3(O)C(F)F)csc2C1. The van der Waals surface area contributed by atoms with Crippen molar-refractivity contribution in [2.24, 2.45) is 16.4 Å². The Morgan fingerprint density at radius 2 is 2.04 bits per heavy atom. The van der Waals surface area contributed by atoms with Gasteiger partial charge in [-0.2, -0.15) is 10.1 Å². The summed E-state index contributed by atoms with van der Waals surface area (Å²) in [7, 11) is 0. The molecule has 0 saturated heterocycles. The van der Waals surface area contributed by atoms with Crippen molar-refractivity contribution in [2.45, 2.75) is 65.0 Å². The fourth-order valence-electron chi connectivity index (χ4n) is 3.65. The molecule has 9 heteroatoms. The number of fused-ring (bicyclic) bond motifs is 1. The Morgan fingerprint density at radius 3 is 2.59 bits per heavy atom. The van der Waals surface area contributed by atoms with E-state index >= 15 is 0 Å². The molecule has 0 bridgehead atoms. The Bertz CT molecular complexity index is 772. The first-order valence-electron chi connectivity index (χ1n) is 8.75. The lowest BCUT2D eigenvalue weighted by Gasteiger charge is -2.34. The zero-order chi connectivity index (χ0) is 20.1. The van der Waals surface area contributed by atoms with E-state index in [9.17, 15) is 27.5 Å². The highest BCUT2D eigenvalue weighted by atomic mass is 32.1. The maximum absolute atomic E-state index is 13.4. The lowest BCUT2D eigenvalue weighted by Crippen LogP contribution is -2.51. The second-order valence-corrected chi connectivity index (χ2v) is 9.19. The summed E-state index contributed by atoms with van der Waals surface area (Å²) in [5, 5.41) is 15.2. The molecule has 1 amide bonds. The molecule has 1 N–H and O–H groups in total. The number of alkyl halides is 4. The van der Waals surface area contributed by atoms with Crippen LogP contribution in [0, 0.1) is 11.3 Å². The molecule has 4 nitrogen and oxygen atoms in total. The number of hydrogen-bond donors (Lipinski definition) is 1. The van der Waals surface area contributed by atoms with Gasteiger partial charge in [0, 0.05) is 16.7 Å². The lowest BCUT2D eigenvalue weighted by molar-refractivity contribution is -0.164. The van der Waals surface area contributed by atoms with Crippen LogP contribution in [-0.4, -0.2) is 40.3 Å². The van der Waals surface area contributed by atoms with Gasteiger partial charge >= 0.3 is 0 Å². The van der Waals surface area contributed by atoms with Gasteiger partial charge in [0.25, 0.3) is 18.8 Å². The zero-order valence-corrected chi connectivity index (χ0v) is 16.1. The molecular formula is C18H22F4N2O2S. The number of amides is 1. The molecule has 1 aliphatic carbocycles. The second-order valence-electron chi connectivity index (χ2n) is 8.22. The van der Waals surface area contributed by atoms with Crippen molar-refractivity contribution in [3.8, 4) is 0 Å². The molecule has 2 heterocycles. The largest absolute Gasteiger partial charge is 0.364 e. The van der Waals surface area contributed by atoms with Crippen LogP contribution in [-0.2, 0) is 12.8 Å². The van der Waals surface area contributed by atoms with Crippen LogP contribution in [0.2, 0.25) is 0 Å². The van der Waals surface area contributed by atoms with Crippen molar-refractivity contribution in [2.75, 3.05) is 0 Å². The first-order chi connectivity index (χ1) is 12.4. The minimum absolute atomic E-state index is 0.104. The topological polar surface area (TPSA) is 52.9 Å². The van der Waals surface area contributed by atoms with Gasteiger partial charge in [-0.3, -0.25) is 4.79 Å². The van der Waals surface area contributed by atoms with E-state index in [2.05, 4.69) is 25.9 Å². The summed E-state index contributed by atoms with van der Waals surface area (Å²) in [5.41, 5.74) is -2.93. The lowest BCUT2D eigenvalue weighted by atomic mass is 9.72. The van der Waals surface area contributed by atoms with Gasteiger partial charge in [-0.15, -0.1) is 11.3 Å². The van der Waals surface area contributed by atoms with E-state index in [4.69, 9.17) is 0 Å². The monoisotopic (exact) mass is 406 g/mol. The van der Waals surface area contributed by atoms with Gasteiger partial charge in [-0.1, -0.05) is 20.8 Å². The Morgan fingerprint density at radius 1 is 1.37 bits per heavy atom. The van der Waals surface area contributed by atoms with E-state index in [0.29, 0.717) is 12.3 Å². The molecule has 0 unspecified atom stereocenters. The van der Waals surface area contributed by atoms with Gasteiger partial charge in [0.1, 0.15) is 5.71 Å². The minimum Gasteiger partial charge on any atom is -0.364 e. The van der Waals surface area contributed by atoms with Crippen LogP contribution in [0.25, 0.3) is 0 Å². The fraction of sp³-hybridized carbons (Fsp3) is 0.667. The number of rotatable bonds is 3. The van der Waals surface area contributed by atoms with Crippen molar-refractivity contribution in [3.05, 3.63) is 21.4 Å². The molecule has 27 heavy (non-hydrogen) atoms. The molecule has 1 aromatic heterocycles. The summed E-state index contributed by atoms with van der Waals surface area (Å²) in [6.07, 6.45) is -5.36. The normalized spacial score (nSPS) is 25.9. The van der Waals surface area contributed by atoms with Crippen LogP contribution in [0.4, 0.5) is 17.6 Å². The highest BCUT2D eigenvalue weighted by molar-refractivity contribution is 7.10. The fourth-order valence-corrected chi connectivity index (χ4v) is 4.80. The van der Waals surface area contributed by atoms with Crippen molar-refractivity contribution >= 4 is 23.0 Å². The number of hydrazone groups is 1. The average Bonchev–Trinajstić information content (AvgIpc) is 3.15. The van der Waals surface area contributed by atoms with Crippen LogP contribution in [0.3, 0.4) is 0 Å². The van der Waals surface area contributed by atoms with Gasteiger partial charge in [0.2, 0.25) is 5.72 Å². The number of carbonyl (C=O) groups is 1. The number of nitrogens with zero attached hydrogens (tertiary/aromatic N) is 2. The van der Waals surface area contributed by atoms with E-state index in [1.54, 1.807) is 5.38 Å². The summed E-state index contributed by atoms with van der Waals surface area (Å²) in [6.45, 7) is 6.45. The molecule has 0 aromatic carbocycles. The maximum Gasteiger partial charge on any atom is 0.287 e. The Labute approximate surface area is 158 Å². The molecule has 3 rings (SSSR count). The first kappa shape index (κ1) is 20.3. The Balaban J connectivity index is 1.92. The van der Waals surface area contributed by atoms with Gasteiger partial charge in [0.15, 0.2) is 0 Å². The molecule has 0 radical (unpaired) electrons.